The first-order valence-corrected chi connectivity index (χ1v) is 18.0. The van der Waals surface area contributed by atoms with Crippen molar-refractivity contribution in [3.05, 3.63) is 71.3 Å². The lowest BCUT2D eigenvalue weighted by Crippen LogP contribution is -2.55. The van der Waals surface area contributed by atoms with Gasteiger partial charge in [0.2, 0.25) is 23.6 Å². The summed E-state index contributed by atoms with van der Waals surface area (Å²) in [5.41, 5.74) is 1.35. The number of fused-ring (bicyclic) bond motifs is 1. The quantitative estimate of drug-likeness (QED) is 0.329. The first kappa shape index (κ1) is 38.8. The van der Waals surface area contributed by atoms with E-state index in [1.807, 2.05) is 44.2 Å². The van der Waals surface area contributed by atoms with Crippen molar-refractivity contribution in [1.29, 1.82) is 0 Å². The molecule has 5 rings (SSSR count). The largest absolute Gasteiger partial charge is 0.497 e. The van der Waals surface area contributed by atoms with Gasteiger partial charge in [-0.05, 0) is 56.7 Å². The number of amides is 5. The Hall–Kier alpha value is -5.47. The molecule has 0 saturated carbocycles. The maximum absolute atomic E-state index is 14.4. The number of aromatic nitrogens is 3. The second-order valence-electron chi connectivity index (χ2n) is 14.0. The van der Waals surface area contributed by atoms with E-state index in [1.54, 1.807) is 36.9 Å². The van der Waals surface area contributed by atoms with Gasteiger partial charge in [-0.15, -0.1) is 0 Å². The van der Waals surface area contributed by atoms with Gasteiger partial charge in [-0.3, -0.25) is 24.0 Å². The zero-order chi connectivity index (χ0) is 38.2. The number of methoxy groups -OCH3 is 2. The Balaban J connectivity index is 1.40. The third-order valence-corrected chi connectivity index (χ3v) is 9.73. The van der Waals surface area contributed by atoms with E-state index >= 15 is 0 Å². The molecule has 1 aromatic heterocycles. The summed E-state index contributed by atoms with van der Waals surface area (Å²) in [6.45, 7) is 7.40. The number of rotatable bonds is 7. The van der Waals surface area contributed by atoms with Gasteiger partial charge >= 0.3 is 0 Å². The maximum atomic E-state index is 14.4. The van der Waals surface area contributed by atoms with Crippen molar-refractivity contribution in [2.45, 2.75) is 71.6 Å². The molecule has 1 saturated heterocycles. The van der Waals surface area contributed by atoms with Crippen molar-refractivity contribution in [1.82, 2.24) is 40.5 Å². The van der Waals surface area contributed by atoms with Gasteiger partial charge in [-0.25, -0.2) is 9.67 Å². The highest BCUT2D eigenvalue weighted by molar-refractivity contribution is 5.95. The van der Waals surface area contributed by atoms with Crippen LogP contribution in [0.1, 0.15) is 67.2 Å². The normalized spacial score (nSPS) is 20.7. The van der Waals surface area contributed by atoms with Crippen LogP contribution in [0, 0.1) is 18.8 Å². The van der Waals surface area contributed by atoms with E-state index in [4.69, 9.17) is 9.47 Å². The molecule has 5 amide bonds. The van der Waals surface area contributed by atoms with Gasteiger partial charge in [0.25, 0.3) is 5.91 Å². The zero-order valence-electron chi connectivity index (χ0n) is 31.3. The molecule has 53 heavy (non-hydrogen) atoms. The minimum Gasteiger partial charge on any atom is -0.497 e. The van der Waals surface area contributed by atoms with E-state index in [-0.39, 0.29) is 37.4 Å². The number of carbonyl (C=O) groups excluding carboxylic acids is 5. The summed E-state index contributed by atoms with van der Waals surface area (Å²) in [4.78, 5) is 76.2. The van der Waals surface area contributed by atoms with Crippen LogP contribution in [0.15, 0.2) is 48.5 Å². The summed E-state index contributed by atoms with van der Waals surface area (Å²) >= 11 is 0. The van der Waals surface area contributed by atoms with Crippen LogP contribution < -0.4 is 25.4 Å². The second kappa shape index (κ2) is 17.4. The highest BCUT2D eigenvalue weighted by Crippen LogP contribution is 2.27. The summed E-state index contributed by atoms with van der Waals surface area (Å²) in [5, 5.41) is 13.3. The average molecular weight is 731 g/mol. The second-order valence-corrected chi connectivity index (χ2v) is 14.0. The standard InChI is InChI=1S/C38H50N8O7/c1-23(2)32-20-45(37(50)27-12-14-44(15-13-27)38(51)28-17-29(52-5)19-30(18-28)53-6)21-33(47)41-31(16-26-10-8-7-9-11-26)35-40-25(4)43-46(35)22-34(48)39-24(3)36(49)42-32/h7-11,17-19,23-24,27,31-32H,12-16,20-22H2,1-6H3,(H,39,48)(H,41,47)(H,42,49)/t24-,31+,32-/m1/s1. The minimum absolute atomic E-state index is 0.0672. The average Bonchev–Trinajstić information content (AvgIpc) is 3.51. The predicted molar refractivity (Wildman–Crippen MR) is 195 cm³/mol. The van der Waals surface area contributed by atoms with Crippen molar-refractivity contribution in [3.63, 3.8) is 0 Å². The Bertz CT molecular complexity index is 1770. The van der Waals surface area contributed by atoms with Crippen molar-refractivity contribution < 1.29 is 33.4 Å². The Morgan fingerprint density at radius 3 is 2.15 bits per heavy atom. The number of carbonyl (C=O) groups is 5. The molecular formula is C38H50N8O7. The molecule has 1 fully saturated rings. The van der Waals surface area contributed by atoms with Crippen LogP contribution in [0.4, 0.5) is 0 Å². The number of hydrogen-bond donors (Lipinski definition) is 3. The molecular weight excluding hydrogens is 680 g/mol. The van der Waals surface area contributed by atoms with Gasteiger partial charge in [0.05, 0.1) is 26.8 Å². The van der Waals surface area contributed by atoms with Gasteiger partial charge in [0.1, 0.15) is 29.9 Å². The topological polar surface area (TPSA) is 177 Å². The summed E-state index contributed by atoms with van der Waals surface area (Å²) in [5.74, 6) is -0.487. The number of hydrogen-bond acceptors (Lipinski definition) is 9. The van der Waals surface area contributed by atoms with Crippen molar-refractivity contribution >= 4 is 29.5 Å². The SMILES string of the molecule is COc1cc(OC)cc(C(=O)N2CCC(C(=O)N3CC(=O)N[C@@H](Cc4ccccc4)c4nc(C)nn4CC(=O)N[C@H](C)C(=O)N[C@@H](C(C)C)C3)CC2)c1. The summed E-state index contributed by atoms with van der Waals surface area (Å²) in [7, 11) is 3.04. The molecule has 0 radical (unpaired) electrons. The predicted octanol–water partition coefficient (Wildman–Crippen LogP) is 2.04. The molecule has 3 aromatic rings. The van der Waals surface area contributed by atoms with E-state index < -0.39 is 41.8 Å². The van der Waals surface area contributed by atoms with Gasteiger partial charge < -0.3 is 35.2 Å². The summed E-state index contributed by atoms with van der Waals surface area (Å²) in [6.07, 6.45) is 1.14. The van der Waals surface area contributed by atoms with Crippen LogP contribution in [0.5, 0.6) is 11.5 Å². The van der Waals surface area contributed by atoms with Crippen LogP contribution in [0.25, 0.3) is 0 Å². The number of benzene rings is 2. The highest BCUT2D eigenvalue weighted by atomic mass is 16.5. The number of aryl methyl sites for hydroxylation is 1. The first-order chi connectivity index (χ1) is 25.3. The Labute approximate surface area is 309 Å². The fraction of sp³-hybridized carbons (Fsp3) is 0.500. The van der Waals surface area contributed by atoms with Crippen molar-refractivity contribution in [2.24, 2.45) is 11.8 Å². The molecule has 15 nitrogen and oxygen atoms in total. The highest BCUT2D eigenvalue weighted by Gasteiger charge is 2.35. The summed E-state index contributed by atoms with van der Waals surface area (Å²) < 4.78 is 12.1. The van der Waals surface area contributed by atoms with Gasteiger partial charge in [0, 0.05) is 43.2 Å². The molecule has 0 unspecified atom stereocenters. The molecule has 0 bridgehead atoms. The van der Waals surface area contributed by atoms with Gasteiger partial charge in [0.15, 0.2) is 5.82 Å². The van der Waals surface area contributed by atoms with Gasteiger partial charge in [-0.1, -0.05) is 44.2 Å². The Morgan fingerprint density at radius 2 is 1.53 bits per heavy atom. The van der Waals surface area contributed by atoms with E-state index in [9.17, 15) is 24.0 Å². The number of likely N-dealkylation sites (tertiary alicyclic amines) is 1. The molecule has 2 aliphatic rings. The lowest BCUT2D eigenvalue weighted by atomic mass is 9.93. The van der Waals surface area contributed by atoms with E-state index in [2.05, 4.69) is 26.0 Å². The van der Waals surface area contributed by atoms with Crippen LogP contribution in [0.2, 0.25) is 0 Å². The molecule has 284 valence electrons. The van der Waals surface area contributed by atoms with Crippen molar-refractivity contribution in [3.8, 4) is 11.5 Å². The van der Waals surface area contributed by atoms with E-state index in [1.165, 1.54) is 23.8 Å². The van der Waals surface area contributed by atoms with E-state index in [0.29, 0.717) is 61.1 Å². The van der Waals surface area contributed by atoms with Crippen LogP contribution in [-0.4, -0.2) is 107 Å². The minimum atomic E-state index is -0.877. The lowest BCUT2D eigenvalue weighted by molar-refractivity contribution is -0.141. The maximum Gasteiger partial charge on any atom is 0.254 e. The lowest BCUT2D eigenvalue weighted by Gasteiger charge is -2.36. The monoisotopic (exact) mass is 730 g/mol. The smallest absolute Gasteiger partial charge is 0.254 e. The fourth-order valence-corrected chi connectivity index (χ4v) is 6.71. The number of nitrogens with zero attached hydrogens (tertiary/aromatic N) is 5. The molecule has 3 heterocycles. The van der Waals surface area contributed by atoms with Gasteiger partial charge in [-0.2, -0.15) is 5.10 Å². The molecule has 3 atom stereocenters. The Morgan fingerprint density at radius 1 is 0.887 bits per heavy atom. The third-order valence-electron chi connectivity index (χ3n) is 9.73. The summed E-state index contributed by atoms with van der Waals surface area (Å²) in [6, 6.07) is 12.5. The number of nitrogens with one attached hydrogen (secondary N) is 3. The van der Waals surface area contributed by atoms with Crippen LogP contribution in [-0.2, 0) is 32.1 Å². The molecule has 2 aromatic carbocycles. The molecule has 0 aliphatic carbocycles. The Kier molecular flexibility index (Phi) is 12.7. The molecule has 0 spiro atoms. The molecule has 15 heteroatoms. The van der Waals surface area contributed by atoms with Crippen LogP contribution >= 0.6 is 0 Å². The van der Waals surface area contributed by atoms with Crippen molar-refractivity contribution in [2.75, 3.05) is 40.4 Å². The first-order valence-electron chi connectivity index (χ1n) is 18.0. The molecule has 2 aliphatic heterocycles. The number of piperidine rings is 1. The number of ether oxygens (including phenoxy) is 2. The fourth-order valence-electron chi connectivity index (χ4n) is 6.71. The third kappa shape index (κ3) is 9.90. The molecule has 3 N–H and O–H groups in total. The van der Waals surface area contributed by atoms with E-state index in [0.717, 1.165) is 5.56 Å². The van der Waals surface area contributed by atoms with Crippen LogP contribution in [0.3, 0.4) is 0 Å². The zero-order valence-corrected chi connectivity index (χ0v) is 31.3.